The van der Waals surface area contributed by atoms with E-state index in [0.717, 1.165) is 74.7 Å². The molecule has 1 aliphatic carbocycles. The third-order valence-corrected chi connectivity index (χ3v) is 13.5. The molecule has 1 atom stereocenters. The number of nitriles is 1. The van der Waals surface area contributed by atoms with Gasteiger partial charge in [0.2, 0.25) is 11.9 Å². The highest BCUT2D eigenvalue weighted by molar-refractivity contribution is 6.31. The minimum atomic E-state index is -1.03. The van der Waals surface area contributed by atoms with Crippen LogP contribution in [0.3, 0.4) is 0 Å². The molecule has 0 unspecified atom stereocenters. The Morgan fingerprint density at radius 3 is 2.22 bits per heavy atom. The average molecular weight is 837 g/mol. The number of hydrogen-bond donors (Lipinski definition) is 2. The fourth-order valence-electron chi connectivity index (χ4n) is 10.1. The van der Waals surface area contributed by atoms with Gasteiger partial charge in [-0.05, 0) is 79.8 Å². The zero-order valence-electron chi connectivity index (χ0n) is 34.3. The summed E-state index contributed by atoms with van der Waals surface area (Å²) in [6, 6.07) is 19.0. The van der Waals surface area contributed by atoms with E-state index in [1.165, 1.54) is 0 Å². The van der Waals surface area contributed by atoms with Crippen molar-refractivity contribution in [3.8, 4) is 11.8 Å². The van der Waals surface area contributed by atoms with Gasteiger partial charge in [-0.3, -0.25) is 29.4 Å². The number of carbonyl (C=O) groups is 3. The molecule has 60 heavy (non-hydrogen) atoms. The van der Waals surface area contributed by atoms with Crippen molar-refractivity contribution >= 4 is 51.5 Å². The normalized spacial score (nSPS) is 23.1. The lowest BCUT2D eigenvalue weighted by Gasteiger charge is -2.63. The molecule has 4 heterocycles. The number of amides is 3. The lowest BCUT2D eigenvalue weighted by atomic mass is 9.49. The standard InChI is InChI=1S/C45H50ClFN8O5/c1-44(2)42(45(3,4)43(44)60-32-11-7-29(25-48)35(46)24-32)50-39(57)28-5-8-30(9-6-28)53-17-15-27(16-18-53)26-52-19-21-54(22-20-52)31-10-12-33-34(23-31)38(47)51-55(41(33)59)36-13-14-37(56)49-40(36)58/h5-12,23-24,27,36,42-43H,13-22,26H2,1-4H3,(H,50,57)(H,49,56,58)/t36-,42?,43?/m0/s1. The fraction of sp³-hybridized carbons (Fsp3) is 0.467. The molecule has 8 rings (SSSR count). The van der Waals surface area contributed by atoms with E-state index in [1.807, 2.05) is 30.3 Å². The Kier molecular flexibility index (Phi) is 11.1. The van der Waals surface area contributed by atoms with Crippen LogP contribution in [-0.2, 0) is 9.59 Å². The number of ether oxygens (including phenoxy) is 1. The zero-order chi connectivity index (χ0) is 42.5. The van der Waals surface area contributed by atoms with E-state index in [9.17, 15) is 24.4 Å². The van der Waals surface area contributed by atoms with Crippen LogP contribution < -0.4 is 30.7 Å². The number of fused-ring (bicyclic) bond motifs is 1. The summed E-state index contributed by atoms with van der Waals surface area (Å²) in [6.45, 7) is 14.5. The average Bonchev–Trinajstić information content (AvgIpc) is 3.23. The number of piperazine rings is 1. The van der Waals surface area contributed by atoms with Gasteiger partial charge in [0, 0.05) is 97.5 Å². The first-order valence-electron chi connectivity index (χ1n) is 20.7. The Balaban J connectivity index is 0.801. The lowest BCUT2D eigenvalue weighted by Crippen LogP contribution is -2.74. The van der Waals surface area contributed by atoms with Crippen molar-refractivity contribution in [2.24, 2.45) is 16.7 Å². The molecule has 4 aliphatic rings. The van der Waals surface area contributed by atoms with Gasteiger partial charge >= 0.3 is 0 Å². The maximum Gasteiger partial charge on any atom is 0.275 e. The van der Waals surface area contributed by atoms with E-state index >= 15 is 4.39 Å². The summed E-state index contributed by atoms with van der Waals surface area (Å²) >= 11 is 6.25. The minimum Gasteiger partial charge on any atom is -0.489 e. The maximum absolute atomic E-state index is 15.3. The first-order valence-corrected chi connectivity index (χ1v) is 21.1. The number of piperidine rings is 2. The fourth-order valence-corrected chi connectivity index (χ4v) is 10.3. The Bertz CT molecular complexity index is 2420. The number of benzene rings is 3. The lowest BCUT2D eigenvalue weighted by molar-refractivity contribution is -0.164. The predicted octanol–water partition coefficient (Wildman–Crippen LogP) is 5.69. The molecule has 3 aromatic carbocycles. The van der Waals surface area contributed by atoms with Crippen LogP contribution in [0.5, 0.6) is 5.75 Å². The Morgan fingerprint density at radius 2 is 1.57 bits per heavy atom. The molecule has 15 heteroatoms. The van der Waals surface area contributed by atoms with Crippen LogP contribution in [0.25, 0.3) is 10.8 Å². The van der Waals surface area contributed by atoms with Gasteiger partial charge in [0.05, 0.1) is 16.0 Å². The van der Waals surface area contributed by atoms with Gasteiger partial charge in [-0.25, -0.2) is 4.68 Å². The quantitative estimate of drug-likeness (QED) is 0.201. The van der Waals surface area contributed by atoms with Gasteiger partial charge < -0.3 is 19.9 Å². The van der Waals surface area contributed by atoms with Crippen molar-refractivity contribution in [3.05, 3.63) is 93.1 Å². The highest BCUT2D eigenvalue weighted by Gasteiger charge is 2.64. The molecule has 4 fully saturated rings. The molecular weight excluding hydrogens is 787 g/mol. The largest absolute Gasteiger partial charge is 0.489 e. The predicted molar refractivity (Wildman–Crippen MR) is 227 cm³/mol. The molecule has 13 nitrogen and oxygen atoms in total. The van der Waals surface area contributed by atoms with Crippen molar-refractivity contribution in [2.45, 2.75) is 71.6 Å². The second-order valence-corrected chi connectivity index (χ2v) is 18.2. The van der Waals surface area contributed by atoms with Crippen LogP contribution in [0.4, 0.5) is 15.8 Å². The summed E-state index contributed by atoms with van der Waals surface area (Å²) in [5.41, 5.74) is 1.66. The number of anilines is 2. The van der Waals surface area contributed by atoms with E-state index in [4.69, 9.17) is 16.3 Å². The van der Waals surface area contributed by atoms with Crippen LogP contribution in [0.1, 0.15) is 75.3 Å². The third kappa shape index (κ3) is 7.81. The van der Waals surface area contributed by atoms with Gasteiger partial charge in [-0.15, -0.1) is 5.10 Å². The van der Waals surface area contributed by atoms with Crippen LogP contribution >= 0.6 is 11.6 Å². The van der Waals surface area contributed by atoms with E-state index < -0.39 is 29.4 Å². The topological polar surface area (TPSA) is 153 Å². The van der Waals surface area contributed by atoms with E-state index in [0.29, 0.717) is 27.8 Å². The molecule has 3 amide bonds. The smallest absolute Gasteiger partial charge is 0.275 e. The van der Waals surface area contributed by atoms with Crippen LogP contribution in [0.15, 0.2) is 65.5 Å². The first kappa shape index (κ1) is 41.2. The highest BCUT2D eigenvalue weighted by Crippen LogP contribution is 2.55. The van der Waals surface area contributed by atoms with Crippen molar-refractivity contribution in [1.29, 1.82) is 5.26 Å². The Labute approximate surface area is 353 Å². The molecule has 3 aliphatic heterocycles. The summed E-state index contributed by atoms with van der Waals surface area (Å²) in [6.07, 6.45) is 2.11. The van der Waals surface area contributed by atoms with Crippen molar-refractivity contribution in [2.75, 3.05) is 55.6 Å². The maximum atomic E-state index is 15.3. The van der Waals surface area contributed by atoms with Crippen LogP contribution in [-0.4, -0.2) is 90.4 Å². The van der Waals surface area contributed by atoms with E-state index in [1.54, 1.807) is 30.3 Å². The molecule has 0 bridgehead atoms. The van der Waals surface area contributed by atoms with Gasteiger partial charge in [-0.2, -0.15) is 9.65 Å². The summed E-state index contributed by atoms with van der Waals surface area (Å²) in [5.74, 6) is -0.846. The second kappa shape index (κ2) is 16.2. The van der Waals surface area contributed by atoms with E-state index in [-0.39, 0.29) is 52.5 Å². The van der Waals surface area contributed by atoms with Crippen molar-refractivity contribution < 1.29 is 23.5 Å². The molecule has 1 saturated carbocycles. The Morgan fingerprint density at radius 1 is 0.900 bits per heavy atom. The monoisotopic (exact) mass is 836 g/mol. The Hall–Kier alpha value is -5.52. The van der Waals surface area contributed by atoms with Gasteiger partial charge in [0.1, 0.15) is 24.0 Å². The summed E-state index contributed by atoms with van der Waals surface area (Å²) in [4.78, 5) is 57.7. The SMILES string of the molecule is CC1(C)C(NC(=O)c2ccc(N3CCC(CN4CCN(c5ccc6c(=O)n([C@H]7CCC(=O)NC7=O)nc(F)c6c5)CC4)CC3)cc2)C(C)(C)C1Oc1ccc(C#N)c(Cl)c1. The molecule has 0 radical (unpaired) electrons. The number of rotatable bonds is 9. The molecule has 0 spiro atoms. The van der Waals surface area contributed by atoms with Crippen molar-refractivity contribution in [1.82, 2.24) is 25.3 Å². The number of aromatic nitrogens is 2. The molecular formula is C45H50ClFN8O5. The van der Waals surface area contributed by atoms with Gasteiger partial charge in [-0.1, -0.05) is 39.3 Å². The molecule has 2 N–H and O–H groups in total. The van der Waals surface area contributed by atoms with Crippen molar-refractivity contribution in [3.63, 3.8) is 0 Å². The van der Waals surface area contributed by atoms with E-state index in [2.05, 4.69) is 64.2 Å². The summed E-state index contributed by atoms with van der Waals surface area (Å²) < 4.78 is 22.5. The number of hydrogen-bond acceptors (Lipinski definition) is 10. The molecule has 4 aromatic rings. The van der Waals surface area contributed by atoms with Gasteiger partial charge in [0.15, 0.2) is 0 Å². The number of carbonyl (C=O) groups excluding carboxylic acids is 3. The van der Waals surface area contributed by atoms with Crippen LogP contribution in [0, 0.1) is 34.0 Å². The van der Waals surface area contributed by atoms with Gasteiger partial charge in [0.25, 0.3) is 17.4 Å². The number of nitrogens with zero attached hydrogens (tertiary/aromatic N) is 6. The molecule has 314 valence electrons. The third-order valence-electron chi connectivity index (χ3n) is 13.2. The summed E-state index contributed by atoms with van der Waals surface area (Å²) in [5, 5.41) is 19.2. The minimum absolute atomic E-state index is 0.0608. The molecule has 3 saturated heterocycles. The zero-order valence-corrected chi connectivity index (χ0v) is 35.1. The second-order valence-electron chi connectivity index (χ2n) is 17.8. The number of halogens is 2. The highest BCUT2D eigenvalue weighted by atomic mass is 35.5. The molecule has 1 aromatic heterocycles. The van der Waals surface area contributed by atoms with Crippen LogP contribution in [0.2, 0.25) is 5.02 Å². The first-order chi connectivity index (χ1) is 28.6. The number of imide groups is 1. The number of nitrogens with one attached hydrogen (secondary N) is 2. The summed E-state index contributed by atoms with van der Waals surface area (Å²) in [7, 11) is 0.